The third-order valence-corrected chi connectivity index (χ3v) is 3.15. The monoisotopic (exact) mass is 260 g/mol. The molecule has 2 aromatic rings. The molecule has 1 atom stereocenters. The van der Waals surface area contributed by atoms with Crippen molar-refractivity contribution in [3.05, 3.63) is 47.3 Å². The number of nitrogens with zero attached hydrogens (tertiary/aromatic N) is 2. The summed E-state index contributed by atoms with van der Waals surface area (Å²) in [6.07, 6.45) is 2.64. The van der Waals surface area contributed by atoms with Gasteiger partial charge in [-0.05, 0) is 24.6 Å². The Morgan fingerprint density at radius 3 is 2.79 bits per heavy atom. The molecular weight excluding hydrogens is 240 g/mol. The molecule has 0 aliphatic carbocycles. The van der Waals surface area contributed by atoms with E-state index in [4.69, 9.17) is 10.6 Å². The van der Waals surface area contributed by atoms with E-state index in [0.29, 0.717) is 0 Å². The smallest absolute Gasteiger partial charge is 0.123 e. The number of aromatic nitrogens is 2. The van der Waals surface area contributed by atoms with Crippen LogP contribution in [-0.4, -0.2) is 16.9 Å². The van der Waals surface area contributed by atoms with Gasteiger partial charge >= 0.3 is 0 Å². The van der Waals surface area contributed by atoms with Gasteiger partial charge in [0.05, 0.1) is 18.8 Å². The van der Waals surface area contributed by atoms with E-state index in [0.717, 1.165) is 29.0 Å². The molecule has 5 nitrogen and oxygen atoms in total. The van der Waals surface area contributed by atoms with Crippen molar-refractivity contribution in [3.8, 4) is 5.75 Å². The maximum absolute atomic E-state index is 5.68. The Balaban J connectivity index is 2.26. The number of ether oxygens (including phenoxy) is 1. The van der Waals surface area contributed by atoms with Crippen LogP contribution in [0.2, 0.25) is 0 Å². The van der Waals surface area contributed by atoms with Crippen LogP contribution in [0.25, 0.3) is 0 Å². The predicted octanol–water partition coefficient (Wildman–Crippen LogP) is 1.48. The van der Waals surface area contributed by atoms with Crippen molar-refractivity contribution in [2.75, 3.05) is 7.11 Å². The standard InChI is InChI=1S/C14H20N4O/c1-10-4-5-12(14(8-10)19-3)13(16-15)9-11-6-7-18(2)17-11/h4-8,13,16H,9,15H2,1-3H3. The molecule has 0 bridgehead atoms. The van der Waals surface area contributed by atoms with Gasteiger partial charge in [0.2, 0.25) is 0 Å². The molecule has 2 rings (SSSR count). The zero-order chi connectivity index (χ0) is 13.8. The fraction of sp³-hybridized carbons (Fsp3) is 0.357. The zero-order valence-corrected chi connectivity index (χ0v) is 11.6. The minimum absolute atomic E-state index is 0.0227. The van der Waals surface area contributed by atoms with E-state index in [9.17, 15) is 0 Å². The molecule has 1 unspecified atom stereocenters. The molecule has 0 aliphatic heterocycles. The largest absolute Gasteiger partial charge is 0.496 e. The number of nitrogens with one attached hydrogen (secondary N) is 1. The summed E-state index contributed by atoms with van der Waals surface area (Å²) in [5.74, 6) is 6.53. The van der Waals surface area contributed by atoms with Gasteiger partial charge in [-0.1, -0.05) is 12.1 Å². The second-order valence-electron chi connectivity index (χ2n) is 4.65. The number of nitrogens with two attached hydrogens (primary N) is 1. The van der Waals surface area contributed by atoms with E-state index < -0.39 is 0 Å². The molecule has 0 spiro atoms. The van der Waals surface area contributed by atoms with Gasteiger partial charge in [0, 0.05) is 25.2 Å². The average Bonchev–Trinajstić information content (AvgIpc) is 2.81. The Morgan fingerprint density at radius 1 is 1.42 bits per heavy atom. The van der Waals surface area contributed by atoms with Crippen LogP contribution in [0.5, 0.6) is 5.75 Å². The molecule has 0 aliphatic rings. The van der Waals surface area contributed by atoms with E-state index in [1.807, 2.05) is 38.4 Å². The van der Waals surface area contributed by atoms with Gasteiger partial charge in [-0.15, -0.1) is 0 Å². The molecule has 0 saturated heterocycles. The van der Waals surface area contributed by atoms with Crippen molar-refractivity contribution in [1.82, 2.24) is 15.2 Å². The van der Waals surface area contributed by atoms with Gasteiger partial charge in [0.25, 0.3) is 0 Å². The van der Waals surface area contributed by atoms with Crippen LogP contribution in [0.1, 0.15) is 22.9 Å². The fourth-order valence-electron chi connectivity index (χ4n) is 2.15. The second-order valence-corrected chi connectivity index (χ2v) is 4.65. The van der Waals surface area contributed by atoms with Crippen LogP contribution in [0.15, 0.2) is 30.5 Å². The Labute approximate surface area is 113 Å². The summed E-state index contributed by atoms with van der Waals surface area (Å²) >= 11 is 0. The number of hydrogen-bond donors (Lipinski definition) is 2. The molecule has 0 saturated carbocycles. The van der Waals surface area contributed by atoms with E-state index in [-0.39, 0.29) is 6.04 Å². The van der Waals surface area contributed by atoms with Crippen LogP contribution in [0, 0.1) is 6.92 Å². The van der Waals surface area contributed by atoms with Crippen molar-refractivity contribution in [2.45, 2.75) is 19.4 Å². The SMILES string of the molecule is COc1cc(C)ccc1C(Cc1ccn(C)n1)NN. The summed E-state index contributed by atoms with van der Waals surface area (Å²) in [6.45, 7) is 2.04. The Bertz CT molecular complexity index is 550. The lowest BCUT2D eigenvalue weighted by molar-refractivity contribution is 0.398. The van der Waals surface area contributed by atoms with Crippen LogP contribution < -0.4 is 16.0 Å². The van der Waals surface area contributed by atoms with Crippen LogP contribution in [0.4, 0.5) is 0 Å². The average molecular weight is 260 g/mol. The molecule has 0 fully saturated rings. The molecule has 3 N–H and O–H groups in total. The maximum Gasteiger partial charge on any atom is 0.123 e. The Morgan fingerprint density at radius 2 is 2.21 bits per heavy atom. The van der Waals surface area contributed by atoms with Gasteiger partial charge in [-0.2, -0.15) is 5.10 Å². The lowest BCUT2D eigenvalue weighted by Gasteiger charge is -2.18. The van der Waals surface area contributed by atoms with Gasteiger partial charge in [-0.3, -0.25) is 16.0 Å². The van der Waals surface area contributed by atoms with Crippen molar-refractivity contribution >= 4 is 0 Å². The van der Waals surface area contributed by atoms with Gasteiger partial charge in [0.15, 0.2) is 0 Å². The molecule has 19 heavy (non-hydrogen) atoms. The molecule has 0 amide bonds. The maximum atomic E-state index is 5.68. The van der Waals surface area contributed by atoms with Crippen molar-refractivity contribution in [3.63, 3.8) is 0 Å². The first-order chi connectivity index (χ1) is 9.13. The first kappa shape index (κ1) is 13.6. The molecule has 1 aromatic carbocycles. The van der Waals surface area contributed by atoms with E-state index in [1.54, 1.807) is 11.8 Å². The quantitative estimate of drug-likeness (QED) is 0.631. The van der Waals surface area contributed by atoms with Crippen molar-refractivity contribution < 1.29 is 4.74 Å². The second kappa shape index (κ2) is 5.86. The highest BCUT2D eigenvalue weighted by Crippen LogP contribution is 2.27. The van der Waals surface area contributed by atoms with Crippen LogP contribution in [-0.2, 0) is 13.5 Å². The zero-order valence-electron chi connectivity index (χ0n) is 11.6. The third kappa shape index (κ3) is 3.13. The van der Waals surface area contributed by atoms with Crippen LogP contribution >= 0.6 is 0 Å². The molecule has 1 heterocycles. The number of hydrazine groups is 1. The number of rotatable bonds is 5. The van der Waals surface area contributed by atoms with Crippen molar-refractivity contribution in [1.29, 1.82) is 0 Å². The highest BCUT2D eigenvalue weighted by Gasteiger charge is 2.16. The van der Waals surface area contributed by atoms with E-state index >= 15 is 0 Å². The topological polar surface area (TPSA) is 65.1 Å². The Hall–Kier alpha value is -1.85. The first-order valence-corrected chi connectivity index (χ1v) is 6.23. The fourth-order valence-corrected chi connectivity index (χ4v) is 2.15. The normalized spacial score (nSPS) is 12.4. The summed E-state index contributed by atoms with van der Waals surface area (Å²) < 4.78 is 7.22. The summed E-state index contributed by atoms with van der Waals surface area (Å²) in [5.41, 5.74) is 6.04. The highest BCUT2D eigenvalue weighted by molar-refractivity contribution is 5.39. The third-order valence-electron chi connectivity index (χ3n) is 3.15. The predicted molar refractivity (Wildman–Crippen MR) is 74.7 cm³/mol. The van der Waals surface area contributed by atoms with Crippen molar-refractivity contribution in [2.24, 2.45) is 12.9 Å². The minimum Gasteiger partial charge on any atom is -0.496 e. The summed E-state index contributed by atoms with van der Waals surface area (Å²) in [6, 6.07) is 8.08. The minimum atomic E-state index is -0.0227. The molecule has 0 radical (unpaired) electrons. The van der Waals surface area contributed by atoms with E-state index in [1.165, 1.54) is 0 Å². The summed E-state index contributed by atoms with van der Waals surface area (Å²) in [4.78, 5) is 0. The first-order valence-electron chi connectivity index (χ1n) is 6.23. The lowest BCUT2D eigenvalue weighted by atomic mass is 10.00. The Kier molecular flexibility index (Phi) is 4.19. The molecule has 1 aromatic heterocycles. The summed E-state index contributed by atoms with van der Waals surface area (Å²) in [5, 5.41) is 4.38. The van der Waals surface area contributed by atoms with Crippen LogP contribution in [0.3, 0.4) is 0 Å². The lowest BCUT2D eigenvalue weighted by Crippen LogP contribution is -2.30. The highest BCUT2D eigenvalue weighted by atomic mass is 16.5. The van der Waals surface area contributed by atoms with Gasteiger partial charge < -0.3 is 4.74 Å². The molecule has 102 valence electrons. The number of hydrogen-bond acceptors (Lipinski definition) is 4. The number of methoxy groups -OCH3 is 1. The van der Waals surface area contributed by atoms with E-state index in [2.05, 4.69) is 16.6 Å². The summed E-state index contributed by atoms with van der Waals surface area (Å²) in [7, 11) is 3.58. The van der Waals surface area contributed by atoms with Gasteiger partial charge in [-0.25, -0.2) is 0 Å². The molecular formula is C14H20N4O. The molecule has 5 heteroatoms. The number of benzene rings is 1. The number of aryl methyl sites for hydroxylation is 2. The van der Waals surface area contributed by atoms with Gasteiger partial charge in [0.1, 0.15) is 5.75 Å².